The first-order valence-corrected chi connectivity index (χ1v) is 7.63. The van der Waals surface area contributed by atoms with Crippen molar-refractivity contribution in [1.29, 1.82) is 0 Å². The zero-order valence-corrected chi connectivity index (χ0v) is 12.2. The molecule has 0 aliphatic carbocycles. The van der Waals surface area contributed by atoms with E-state index >= 15 is 0 Å². The molecule has 0 aromatic rings. The molecular formula is C16H28N2. The van der Waals surface area contributed by atoms with E-state index in [1.165, 1.54) is 38.9 Å². The number of nitrogens with zero attached hydrogens (tertiary/aromatic N) is 2. The molecule has 2 fully saturated rings. The number of fused-ring (bicyclic) bond motifs is 1. The smallest absolute Gasteiger partial charge is 0.0715 e. The molecule has 2 saturated heterocycles. The topological polar surface area (TPSA) is 6.48 Å². The van der Waals surface area contributed by atoms with Crippen LogP contribution in [0, 0.1) is 18.3 Å². The maximum absolute atomic E-state index is 5.78. The first-order valence-electron chi connectivity index (χ1n) is 7.63. The van der Waals surface area contributed by atoms with Crippen molar-refractivity contribution >= 4 is 0 Å². The molecule has 0 radical (unpaired) electrons. The highest BCUT2D eigenvalue weighted by Crippen LogP contribution is 2.29. The molecule has 0 aromatic heterocycles. The maximum Gasteiger partial charge on any atom is 0.0715 e. The molecule has 0 N–H and O–H groups in total. The summed E-state index contributed by atoms with van der Waals surface area (Å²) in [6.45, 7) is 10.6. The van der Waals surface area contributed by atoms with Crippen molar-refractivity contribution in [3.8, 4) is 12.3 Å². The minimum atomic E-state index is 0.352. The van der Waals surface area contributed by atoms with Crippen LogP contribution in [-0.4, -0.2) is 47.6 Å². The highest BCUT2D eigenvalue weighted by atomic mass is 15.3. The number of hydrogen-bond donors (Lipinski definition) is 0. The average Bonchev–Trinajstić information content (AvgIpc) is 2.81. The van der Waals surface area contributed by atoms with Gasteiger partial charge in [-0.05, 0) is 31.7 Å². The van der Waals surface area contributed by atoms with Gasteiger partial charge in [0, 0.05) is 25.2 Å². The molecule has 18 heavy (non-hydrogen) atoms. The van der Waals surface area contributed by atoms with E-state index in [0.29, 0.717) is 18.0 Å². The van der Waals surface area contributed by atoms with Gasteiger partial charge in [0.15, 0.2) is 0 Å². The van der Waals surface area contributed by atoms with Gasteiger partial charge in [-0.3, -0.25) is 9.80 Å². The van der Waals surface area contributed by atoms with Gasteiger partial charge in [-0.15, -0.1) is 6.42 Å². The molecule has 3 atom stereocenters. The van der Waals surface area contributed by atoms with Gasteiger partial charge in [-0.2, -0.15) is 0 Å². The molecular weight excluding hydrogens is 220 g/mol. The molecule has 2 aliphatic heterocycles. The summed E-state index contributed by atoms with van der Waals surface area (Å²) >= 11 is 0. The van der Waals surface area contributed by atoms with Gasteiger partial charge in [0.1, 0.15) is 0 Å². The van der Waals surface area contributed by atoms with Crippen LogP contribution in [-0.2, 0) is 0 Å². The van der Waals surface area contributed by atoms with Gasteiger partial charge in [0.2, 0.25) is 0 Å². The third kappa shape index (κ3) is 2.73. The summed E-state index contributed by atoms with van der Waals surface area (Å²) in [6.07, 6.45) is 10.9. The summed E-state index contributed by atoms with van der Waals surface area (Å²) in [6, 6.07) is 1.77. The zero-order valence-electron chi connectivity index (χ0n) is 12.2. The van der Waals surface area contributed by atoms with Crippen LogP contribution in [0.2, 0.25) is 0 Å². The van der Waals surface area contributed by atoms with E-state index < -0.39 is 0 Å². The normalized spacial score (nSPS) is 31.3. The third-order valence-corrected chi connectivity index (χ3v) is 4.69. The molecule has 2 rings (SSSR count). The lowest BCUT2D eigenvalue weighted by Crippen LogP contribution is -2.60. The quantitative estimate of drug-likeness (QED) is 0.706. The van der Waals surface area contributed by atoms with Crippen molar-refractivity contribution in [1.82, 2.24) is 9.80 Å². The van der Waals surface area contributed by atoms with Crippen molar-refractivity contribution in [3.63, 3.8) is 0 Å². The largest absolute Gasteiger partial charge is 0.298 e. The zero-order chi connectivity index (χ0) is 13.1. The monoisotopic (exact) mass is 248 g/mol. The summed E-state index contributed by atoms with van der Waals surface area (Å²) in [4.78, 5) is 5.33. The summed E-state index contributed by atoms with van der Waals surface area (Å²) in [5, 5.41) is 0. The van der Waals surface area contributed by atoms with Crippen LogP contribution in [0.15, 0.2) is 0 Å². The molecule has 2 heterocycles. The fourth-order valence-corrected chi connectivity index (χ4v) is 3.64. The summed E-state index contributed by atoms with van der Waals surface area (Å²) < 4.78 is 0. The fourth-order valence-electron chi connectivity index (χ4n) is 3.64. The number of rotatable bonds is 4. The highest BCUT2D eigenvalue weighted by molar-refractivity contribution is 5.05. The van der Waals surface area contributed by atoms with Crippen LogP contribution in [0.5, 0.6) is 0 Å². The first-order chi connectivity index (χ1) is 8.67. The second-order valence-corrected chi connectivity index (χ2v) is 6.27. The van der Waals surface area contributed by atoms with Crippen molar-refractivity contribution in [2.24, 2.45) is 5.92 Å². The SMILES string of the molecule is C#CC(CCC)N1CC2CCCN2CC1C(C)C. The van der Waals surface area contributed by atoms with Crippen molar-refractivity contribution in [3.05, 3.63) is 0 Å². The number of piperazine rings is 1. The maximum atomic E-state index is 5.78. The van der Waals surface area contributed by atoms with Gasteiger partial charge in [0.05, 0.1) is 6.04 Å². The van der Waals surface area contributed by atoms with Crippen LogP contribution in [0.4, 0.5) is 0 Å². The van der Waals surface area contributed by atoms with Gasteiger partial charge in [0.25, 0.3) is 0 Å². The standard InChI is InChI=1S/C16H28N2/c1-5-8-14(6-2)18-11-15-9-7-10-17(15)12-16(18)13(3)4/h2,13-16H,5,7-12H2,1,3-4H3. The Labute approximate surface area is 113 Å². The predicted octanol–water partition coefficient (Wildman–Crippen LogP) is 2.59. The first kappa shape index (κ1) is 13.9. The highest BCUT2D eigenvalue weighted by Gasteiger charge is 2.39. The van der Waals surface area contributed by atoms with E-state index in [9.17, 15) is 0 Å². The van der Waals surface area contributed by atoms with Gasteiger partial charge in [-0.25, -0.2) is 0 Å². The van der Waals surface area contributed by atoms with Gasteiger partial charge >= 0.3 is 0 Å². The molecule has 0 bridgehead atoms. The van der Waals surface area contributed by atoms with Crippen LogP contribution < -0.4 is 0 Å². The molecule has 2 aliphatic rings. The Balaban J connectivity index is 2.11. The second kappa shape index (κ2) is 6.08. The van der Waals surface area contributed by atoms with Crippen LogP contribution in [0.3, 0.4) is 0 Å². The van der Waals surface area contributed by atoms with E-state index in [1.54, 1.807) is 0 Å². The molecule has 2 nitrogen and oxygen atoms in total. The predicted molar refractivity (Wildman–Crippen MR) is 77.5 cm³/mol. The molecule has 0 spiro atoms. The number of terminal acetylenes is 1. The molecule has 102 valence electrons. The van der Waals surface area contributed by atoms with Crippen molar-refractivity contribution < 1.29 is 0 Å². The Hall–Kier alpha value is -0.520. The van der Waals surface area contributed by atoms with E-state index in [1.807, 2.05) is 0 Å². The van der Waals surface area contributed by atoms with E-state index in [-0.39, 0.29) is 0 Å². The molecule has 3 unspecified atom stereocenters. The Kier molecular flexibility index (Phi) is 4.70. The van der Waals surface area contributed by atoms with E-state index in [0.717, 1.165) is 12.5 Å². The van der Waals surface area contributed by atoms with Crippen LogP contribution >= 0.6 is 0 Å². The van der Waals surface area contributed by atoms with E-state index in [2.05, 4.69) is 36.5 Å². The minimum Gasteiger partial charge on any atom is -0.298 e. The lowest BCUT2D eigenvalue weighted by Gasteiger charge is -2.47. The van der Waals surface area contributed by atoms with Crippen LogP contribution in [0.25, 0.3) is 0 Å². The number of hydrogen-bond acceptors (Lipinski definition) is 2. The Bertz CT molecular complexity index is 305. The molecule has 2 heteroatoms. The van der Waals surface area contributed by atoms with Crippen LogP contribution in [0.1, 0.15) is 46.5 Å². The van der Waals surface area contributed by atoms with Gasteiger partial charge in [-0.1, -0.05) is 33.1 Å². The molecule has 0 saturated carbocycles. The lowest BCUT2D eigenvalue weighted by molar-refractivity contribution is 0.0123. The average molecular weight is 248 g/mol. The minimum absolute atomic E-state index is 0.352. The fraction of sp³-hybridized carbons (Fsp3) is 0.875. The lowest BCUT2D eigenvalue weighted by atomic mass is 9.94. The second-order valence-electron chi connectivity index (χ2n) is 6.27. The van der Waals surface area contributed by atoms with E-state index in [4.69, 9.17) is 6.42 Å². The Morgan fingerprint density at radius 2 is 2.11 bits per heavy atom. The Morgan fingerprint density at radius 3 is 2.72 bits per heavy atom. The summed E-state index contributed by atoms with van der Waals surface area (Å²) in [5.74, 6) is 3.74. The Morgan fingerprint density at radius 1 is 1.33 bits per heavy atom. The molecule has 0 amide bonds. The third-order valence-electron chi connectivity index (χ3n) is 4.69. The van der Waals surface area contributed by atoms with Gasteiger partial charge < -0.3 is 0 Å². The summed E-state index contributed by atoms with van der Waals surface area (Å²) in [7, 11) is 0. The summed E-state index contributed by atoms with van der Waals surface area (Å²) in [5.41, 5.74) is 0. The van der Waals surface area contributed by atoms with Crippen molar-refractivity contribution in [2.45, 2.75) is 64.6 Å². The molecule has 0 aromatic carbocycles. The van der Waals surface area contributed by atoms with Crippen molar-refractivity contribution in [2.75, 3.05) is 19.6 Å².